The van der Waals surface area contributed by atoms with Crippen LogP contribution in [0.5, 0.6) is 0 Å². The number of hydrogen-bond donors (Lipinski definition) is 1. The Hall–Kier alpha value is 0.270. The van der Waals surface area contributed by atoms with Gasteiger partial charge in [0.2, 0.25) is 0 Å². The van der Waals surface area contributed by atoms with Crippen molar-refractivity contribution in [2.75, 3.05) is 24.6 Å². The van der Waals surface area contributed by atoms with E-state index in [9.17, 15) is 5.11 Å². The molecule has 2 rings (SSSR count). The van der Waals surface area contributed by atoms with Crippen LogP contribution in [0.25, 0.3) is 0 Å². The molecule has 1 N–H and O–H groups in total. The average molecular weight is 173 g/mol. The highest BCUT2D eigenvalue weighted by Gasteiger charge is 2.28. The molecular formula is C8H15NOS. The lowest BCUT2D eigenvalue weighted by Crippen LogP contribution is -2.33. The van der Waals surface area contributed by atoms with E-state index in [-0.39, 0.29) is 6.10 Å². The molecule has 0 radical (unpaired) electrons. The summed E-state index contributed by atoms with van der Waals surface area (Å²) < 4.78 is 0. The smallest absolute Gasteiger partial charge is 0.0679 e. The average Bonchev–Trinajstić information content (AvgIpc) is 2.55. The van der Waals surface area contributed by atoms with Gasteiger partial charge in [-0.15, -0.1) is 0 Å². The number of aliphatic hydroxyl groups excluding tert-OH is 1. The van der Waals surface area contributed by atoms with Crippen LogP contribution in [0.15, 0.2) is 0 Å². The van der Waals surface area contributed by atoms with E-state index >= 15 is 0 Å². The Bertz CT molecular complexity index is 136. The normalized spacial score (nSPS) is 40.1. The van der Waals surface area contributed by atoms with Crippen LogP contribution in [0.2, 0.25) is 0 Å². The number of nitrogens with zero attached hydrogens (tertiary/aromatic N) is 1. The molecule has 11 heavy (non-hydrogen) atoms. The Kier molecular flexibility index (Phi) is 2.39. The van der Waals surface area contributed by atoms with Crippen molar-refractivity contribution in [2.45, 2.75) is 25.0 Å². The zero-order valence-electron chi connectivity index (χ0n) is 6.70. The molecule has 0 aromatic rings. The van der Waals surface area contributed by atoms with Gasteiger partial charge in [-0.2, -0.15) is 11.8 Å². The van der Waals surface area contributed by atoms with Crippen LogP contribution in [0.4, 0.5) is 0 Å². The van der Waals surface area contributed by atoms with Crippen LogP contribution < -0.4 is 0 Å². The first-order valence-corrected chi connectivity index (χ1v) is 5.51. The summed E-state index contributed by atoms with van der Waals surface area (Å²) in [6.07, 6.45) is 2.28. The molecule has 3 heteroatoms. The van der Waals surface area contributed by atoms with Crippen LogP contribution in [-0.4, -0.2) is 46.7 Å². The van der Waals surface area contributed by atoms with E-state index in [1.165, 1.54) is 17.9 Å². The summed E-state index contributed by atoms with van der Waals surface area (Å²) in [5, 5.41) is 9.31. The van der Waals surface area contributed by atoms with E-state index in [4.69, 9.17) is 0 Å². The number of aliphatic hydroxyl groups is 1. The first-order valence-electron chi connectivity index (χ1n) is 4.36. The molecule has 0 saturated carbocycles. The molecule has 2 atom stereocenters. The Morgan fingerprint density at radius 1 is 1.36 bits per heavy atom. The molecule has 2 fully saturated rings. The second kappa shape index (κ2) is 3.33. The van der Waals surface area contributed by atoms with Crippen molar-refractivity contribution in [1.29, 1.82) is 0 Å². The quantitative estimate of drug-likeness (QED) is 0.627. The first-order chi connectivity index (χ1) is 5.36. The maximum atomic E-state index is 9.31. The topological polar surface area (TPSA) is 23.5 Å². The van der Waals surface area contributed by atoms with Crippen molar-refractivity contribution >= 4 is 11.8 Å². The molecule has 0 aliphatic carbocycles. The summed E-state index contributed by atoms with van der Waals surface area (Å²) in [6.45, 7) is 2.04. The molecule has 0 spiro atoms. The van der Waals surface area contributed by atoms with Crippen LogP contribution in [-0.2, 0) is 0 Å². The number of hydrogen-bond acceptors (Lipinski definition) is 3. The number of β-amino-alcohol motifs (C(OH)–C–C–N with tert-alkyl or cyclic N) is 1. The third kappa shape index (κ3) is 1.71. The fourth-order valence-corrected chi connectivity index (χ4v) is 3.16. The fourth-order valence-electron chi connectivity index (χ4n) is 1.91. The molecule has 64 valence electrons. The zero-order valence-corrected chi connectivity index (χ0v) is 7.52. The molecule has 0 amide bonds. The number of likely N-dealkylation sites (tertiary alicyclic amines) is 1. The van der Waals surface area contributed by atoms with Gasteiger partial charge in [-0.3, -0.25) is 4.90 Å². The van der Waals surface area contributed by atoms with Crippen LogP contribution >= 0.6 is 11.8 Å². The third-order valence-electron chi connectivity index (χ3n) is 2.62. The molecule has 2 heterocycles. The minimum atomic E-state index is -0.0411. The minimum absolute atomic E-state index is 0.0411. The molecule has 0 aromatic carbocycles. The van der Waals surface area contributed by atoms with Gasteiger partial charge in [-0.25, -0.2) is 0 Å². The van der Waals surface area contributed by atoms with Gasteiger partial charge < -0.3 is 5.11 Å². The number of rotatable bonds is 1. The van der Waals surface area contributed by atoms with Gasteiger partial charge in [-0.05, 0) is 18.6 Å². The van der Waals surface area contributed by atoms with Crippen LogP contribution in [0.1, 0.15) is 12.8 Å². The zero-order chi connectivity index (χ0) is 7.68. The van der Waals surface area contributed by atoms with Crippen molar-refractivity contribution < 1.29 is 5.11 Å². The van der Waals surface area contributed by atoms with E-state index < -0.39 is 0 Å². The van der Waals surface area contributed by atoms with Gasteiger partial charge in [0.25, 0.3) is 0 Å². The van der Waals surface area contributed by atoms with E-state index in [0.717, 1.165) is 25.6 Å². The van der Waals surface area contributed by atoms with Crippen LogP contribution in [0.3, 0.4) is 0 Å². The Morgan fingerprint density at radius 3 is 2.82 bits per heavy atom. The van der Waals surface area contributed by atoms with Crippen molar-refractivity contribution in [3.63, 3.8) is 0 Å². The van der Waals surface area contributed by atoms with E-state index in [0.29, 0.717) is 0 Å². The Labute approximate surface area is 72.0 Å². The van der Waals surface area contributed by atoms with Gasteiger partial charge in [0.1, 0.15) is 0 Å². The lowest BCUT2D eigenvalue weighted by atomic mass is 10.2. The molecule has 2 nitrogen and oxygen atoms in total. The highest BCUT2D eigenvalue weighted by molar-refractivity contribution is 7.99. The molecule has 2 aliphatic rings. The van der Waals surface area contributed by atoms with E-state index in [1.54, 1.807) is 0 Å². The van der Waals surface area contributed by atoms with Crippen LogP contribution in [0, 0.1) is 0 Å². The van der Waals surface area contributed by atoms with Crippen molar-refractivity contribution in [3.8, 4) is 0 Å². The third-order valence-corrected chi connectivity index (χ3v) is 3.76. The minimum Gasteiger partial charge on any atom is -0.392 e. The second-order valence-corrected chi connectivity index (χ2v) is 4.60. The van der Waals surface area contributed by atoms with Crippen molar-refractivity contribution in [2.24, 2.45) is 0 Å². The standard InChI is InChI=1S/C8H15NOS/c10-8-1-3-9(5-8)7-2-4-11-6-7/h7-8,10H,1-6H2/t7-,8-/m0/s1. The maximum Gasteiger partial charge on any atom is 0.0679 e. The highest BCUT2D eigenvalue weighted by Crippen LogP contribution is 2.25. The van der Waals surface area contributed by atoms with Crippen molar-refractivity contribution in [1.82, 2.24) is 4.90 Å². The van der Waals surface area contributed by atoms with Gasteiger partial charge in [0.05, 0.1) is 6.10 Å². The van der Waals surface area contributed by atoms with E-state index in [2.05, 4.69) is 4.90 Å². The SMILES string of the molecule is O[C@H]1CCN([C@H]2CCSC2)C1. The summed E-state index contributed by atoms with van der Waals surface area (Å²) in [5.41, 5.74) is 0. The van der Waals surface area contributed by atoms with Gasteiger partial charge >= 0.3 is 0 Å². The first kappa shape index (κ1) is 7.90. The van der Waals surface area contributed by atoms with Gasteiger partial charge in [0, 0.05) is 24.9 Å². The van der Waals surface area contributed by atoms with Crippen molar-refractivity contribution in [3.05, 3.63) is 0 Å². The molecule has 2 saturated heterocycles. The molecular weight excluding hydrogens is 158 g/mol. The van der Waals surface area contributed by atoms with E-state index in [1.807, 2.05) is 11.8 Å². The summed E-state index contributed by atoms with van der Waals surface area (Å²) in [6, 6.07) is 0.775. The molecule has 0 unspecified atom stereocenters. The Morgan fingerprint density at radius 2 is 2.27 bits per heavy atom. The number of thioether (sulfide) groups is 1. The van der Waals surface area contributed by atoms with Gasteiger partial charge in [-0.1, -0.05) is 0 Å². The molecule has 0 bridgehead atoms. The summed E-state index contributed by atoms with van der Waals surface area (Å²) in [4.78, 5) is 2.45. The molecule has 2 aliphatic heterocycles. The largest absolute Gasteiger partial charge is 0.392 e. The van der Waals surface area contributed by atoms with Gasteiger partial charge in [0.15, 0.2) is 0 Å². The fraction of sp³-hybridized carbons (Fsp3) is 1.00. The lowest BCUT2D eigenvalue weighted by molar-refractivity contribution is 0.164. The maximum absolute atomic E-state index is 9.31. The molecule has 0 aromatic heterocycles. The predicted octanol–water partition coefficient (Wildman–Crippen LogP) is 0.559. The monoisotopic (exact) mass is 173 g/mol. The predicted molar refractivity (Wildman–Crippen MR) is 47.9 cm³/mol. The highest BCUT2D eigenvalue weighted by atomic mass is 32.2. The summed E-state index contributed by atoms with van der Waals surface area (Å²) >= 11 is 2.05. The summed E-state index contributed by atoms with van der Waals surface area (Å²) in [7, 11) is 0. The summed E-state index contributed by atoms with van der Waals surface area (Å²) in [5.74, 6) is 2.60. The Balaban J connectivity index is 1.85. The second-order valence-electron chi connectivity index (χ2n) is 3.45. The lowest BCUT2D eigenvalue weighted by Gasteiger charge is -2.21.